The number of nitrogens with two attached hydrogens (primary N) is 1. The van der Waals surface area contributed by atoms with E-state index in [1.807, 2.05) is 0 Å². The molecule has 1 aliphatic rings. The van der Waals surface area contributed by atoms with E-state index in [2.05, 4.69) is 24.0 Å². The molecule has 3 heterocycles. The highest BCUT2D eigenvalue weighted by molar-refractivity contribution is 7.47. The number of rotatable bonds is 8. The van der Waals surface area contributed by atoms with Crippen LogP contribution in [0.25, 0.3) is 11.2 Å². The van der Waals surface area contributed by atoms with Crippen LogP contribution in [0.5, 0.6) is 0 Å². The first kappa shape index (κ1) is 23.0. The number of hydrogen-bond donors (Lipinski definition) is 5. The Hall–Kier alpha value is -1.71. The molecule has 30 heavy (non-hydrogen) atoms. The number of aromatic nitrogens is 4. The first-order valence-corrected chi connectivity index (χ1v) is 11.1. The second-order valence-corrected chi connectivity index (χ2v) is 9.07. The first-order valence-electron chi connectivity index (χ1n) is 8.14. The van der Waals surface area contributed by atoms with Crippen molar-refractivity contribution >= 4 is 32.8 Å². The third-order valence-electron chi connectivity index (χ3n) is 4.15. The molecule has 2 aromatic heterocycles. The summed E-state index contributed by atoms with van der Waals surface area (Å²) in [6, 6.07) is 0. The standard InChI is InChI=1S/C12H19N5O11P2/c1-24-29(20,21)26-3-5-8(28-30(22,23)25-2)7(18)11(27-5)17-4-14-6-9(17)15-12(13)16-10(6)19/h4-5,7-8,11,18H,3H2,1-2H3,(H,20,21)(H,22,23)(H3,13,15,16,19)/t5-,7-,8-,11-/m1/s1. The zero-order valence-electron chi connectivity index (χ0n) is 15.5. The number of aromatic amines is 1. The van der Waals surface area contributed by atoms with Gasteiger partial charge in [0.25, 0.3) is 5.56 Å². The van der Waals surface area contributed by atoms with E-state index in [1.165, 1.54) is 0 Å². The fourth-order valence-corrected chi connectivity index (χ4v) is 3.86. The number of aliphatic hydroxyl groups is 1. The van der Waals surface area contributed by atoms with Crippen LogP contribution in [0.3, 0.4) is 0 Å². The zero-order chi connectivity index (χ0) is 22.3. The lowest BCUT2D eigenvalue weighted by Crippen LogP contribution is -2.36. The third-order valence-corrected chi connectivity index (χ3v) is 6.06. The molecule has 168 valence electrons. The van der Waals surface area contributed by atoms with Gasteiger partial charge in [0.05, 0.1) is 12.9 Å². The summed E-state index contributed by atoms with van der Waals surface area (Å²) in [5, 5.41) is 10.7. The van der Waals surface area contributed by atoms with Crippen LogP contribution in [-0.4, -0.2) is 73.6 Å². The number of nitrogens with zero attached hydrogens (tertiary/aromatic N) is 3. The van der Waals surface area contributed by atoms with Gasteiger partial charge in [0.15, 0.2) is 17.4 Å². The van der Waals surface area contributed by atoms with Gasteiger partial charge in [-0.25, -0.2) is 14.1 Å². The van der Waals surface area contributed by atoms with E-state index in [-0.39, 0.29) is 17.1 Å². The quantitative estimate of drug-likeness (QED) is 0.286. The van der Waals surface area contributed by atoms with Crippen LogP contribution in [0.15, 0.2) is 11.1 Å². The highest BCUT2D eigenvalue weighted by Gasteiger charge is 2.50. The molecule has 0 radical (unpaired) electrons. The first-order chi connectivity index (χ1) is 14.0. The largest absolute Gasteiger partial charge is 0.472 e. The smallest absolute Gasteiger partial charge is 0.386 e. The fourth-order valence-electron chi connectivity index (χ4n) is 2.76. The van der Waals surface area contributed by atoms with E-state index >= 15 is 0 Å². The van der Waals surface area contributed by atoms with Gasteiger partial charge in [0.1, 0.15) is 18.3 Å². The topological polar surface area (TPSA) is 231 Å². The van der Waals surface area contributed by atoms with E-state index in [9.17, 15) is 28.8 Å². The van der Waals surface area contributed by atoms with Crippen LogP contribution >= 0.6 is 15.6 Å². The SMILES string of the molecule is COP(=O)(O)OC[C@H]1O[C@@H](n2cnc3c(=O)[nH]c(N)nc32)[C@H](O)[C@@H]1OP(=O)(O)OC. The Bertz CT molecular complexity index is 1070. The number of phosphoric acid groups is 2. The molecule has 1 aliphatic heterocycles. The molecular formula is C12H19N5O11P2. The lowest BCUT2D eigenvalue weighted by Gasteiger charge is -2.22. The Morgan fingerprint density at radius 3 is 2.60 bits per heavy atom. The Morgan fingerprint density at radius 2 is 1.97 bits per heavy atom. The van der Waals surface area contributed by atoms with E-state index in [4.69, 9.17) is 19.5 Å². The van der Waals surface area contributed by atoms with Crippen LogP contribution in [0, 0.1) is 0 Å². The minimum absolute atomic E-state index is 0.0516. The molecule has 3 rings (SSSR count). The minimum Gasteiger partial charge on any atom is -0.386 e. The number of H-pyrrole nitrogens is 1. The number of hydrogen-bond acceptors (Lipinski definition) is 12. The summed E-state index contributed by atoms with van der Waals surface area (Å²) in [6.07, 6.45) is -4.76. The molecule has 6 N–H and O–H groups in total. The molecule has 0 amide bonds. The maximum Gasteiger partial charge on any atom is 0.472 e. The second kappa shape index (κ2) is 8.43. The van der Waals surface area contributed by atoms with Gasteiger partial charge in [0.2, 0.25) is 5.95 Å². The fraction of sp³-hybridized carbons (Fsp3) is 0.583. The minimum atomic E-state index is -4.61. The van der Waals surface area contributed by atoms with E-state index < -0.39 is 52.4 Å². The van der Waals surface area contributed by atoms with Gasteiger partial charge in [-0.05, 0) is 0 Å². The molecule has 1 fully saturated rings. The van der Waals surface area contributed by atoms with Crippen molar-refractivity contribution in [1.82, 2.24) is 19.5 Å². The molecule has 0 spiro atoms. The van der Waals surface area contributed by atoms with Gasteiger partial charge in [0, 0.05) is 14.2 Å². The molecule has 0 saturated carbocycles. The molecule has 6 atom stereocenters. The van der Waals surface area contributed by atoms with Gasteiger partial charge in [-0.3, -0.25) is 32.4 Å². The number of phosphoric ester groups is 2. The molecule has 18 heteroatoms. The molecule has 0 aliphatic carbocycles. The van der Waals surface area contributed by atoms with Crippen molar-refractivity contribution in [2.24, 2.45) is 0 Å². The highest BCUT2D eigenvalue weighted by Crippen LogP contribution is 2.49. The lowest BCUT2D eigenvalue weighted by molar-refractivity contribution is -0.0508. The summed E-state index contributed by atoms with van der Waals surface area (Å²) in [5.74, 6) is -0.227. The average Bonchev–Trinajstić information content (AvgIpc) is 3.22. The van der Waals surface area contributed by atoms with Crippen LogP contribution in [0.1, 0.15) is 6.23 Å². The average molecular weight is 471 g/mol. The summed E-state index contributed by atoms with van der Waals surface area (Å²) in [7, 11) is -7.21. The number of fused-ring (bicyclic) bond motifs is 1. The maximum atomic E-state index is 12.0. The van der Waals surface area contributed by atoms with E-state index in [0.29, 0.717) is 0 Å². The number of aliphatic hydroxyl groups excluding tert-OH is 1. The summed E-state index contributed by atoms with van der Waals surface area (Å²) >= 11 is 0. The van der Waals surface area contributed by atoms with Crippen molar-refractivity contribution in [1.29, 1.82) is 0 Å². The highest BCUT2D eigenvalue weighted by atomic mass is 31.2. The number of nitrogen functional groups attached to an aromatic ring is 1. The normalized spacial score (nSPS) is 28.4. The lowest BCUT2D eigenvalue weighted by atomic mass is 10.1. The summed E-state index contributed by atoms with van der Waals surface area (Å²) in [5.41, 5.74) is 4.73. The molecule has 2 unspecified atom stereocenters. The van der Waals surface area contributed by atoms with Gasteiger partial charge < -0.3 is 25.4 Å². The molecule has 0 bridgehead atoms. The van der Waals surface area contributed by atoms with E-state index in [0.717, 1.165) is 25.1 Å². The van der Waals surface area contributed by atoms with Crippen LogP contribution in [0.4, 0.5) is 5.95 Å². The van der Waals surface area contributed by atoms with Crippen molar-refractivity contribution in [3.63, 3.8) is 0 Å². The molecule has 2 aromatic rings. The van der Waals surface area contributed by atoms with Gasteiger partial charge in [-0.1, -0.05) is 0 Å². The van der Waals surface area contributed by atoms with E-state index in [1.54, 1.807) is 0 Å². The number of anilines is 1. The Labute approximate surface area is 167 Å². The van der Waals surface area contributed by atoms with Crippen molar-refractivity contribution in [3.8, 4) is 0 Å². The predicted molar refractivity (Wildman–Crippen MR) is 97.0 cm³/mol. The molecule has 1 saturated heterocycles. The maximum absolute atomic E-state index is 12.0. The number of nitrogens with one attached hydrogen (secondary N) is 1. The van der Waals surface area contributed by atoms with Crippen molar-refractivity contribution < 1.29 is 46.9 Å². The molecular weight excluding hydrogens is 452 g/mol. The predicted octanol–water partition coefficient (Wildman–Crippen LogP) is -1.14. The Kier molecular flexibility index (Phi) is 6.46. The third kappa shape index (κ3) is 4.63. The van der Waals surface area contributed by atoms with Gasteiger partial charge in [-0.2, -0.15) is 4.98 Å². The van der Waals surface area contributed by atoms with Crippen molar-refractivity contribution in [3.05, 3.63) is 16.7 Å². The summed E-state index contributed by atoms with van der Waals surface area (Å²) in [4.78, 5) is 41.1. The van der Waals surface area contributed by atoms with Crippen LogP contribution in [-0.2, 0) is 32.0 Å². The van der Waals surface area contributed by atoms with Crippen LogP contribution < -0.4 is 11.3 Å². The second-order valence-electron chi connectivity index (χ2n) is 6.00. The van der Waals surface area contributed by atoms with Crippen LogP contribution in [0.2, 0.25) is 0 Å². The summed E-state index contributed by atoms with van der Waals surface area (Å²) in [6.45, 7) is -0.674. The molecule has 0 aromatic carbocycles. The van der Waals surface area contributed by atoms with Gasteiger partial charge >= 0.3 is 15.6 Å². The monoisotopic (exact) mass is 471 g/mol. The van der Waals surface area contributed by atoms with Crippen molar-refractivity contribution in [2.75, 3.05) is 26.6 Å². The zero-order valence-corrected chi connectivity index (χ0v) is 17.3. The van der Waals surface area contributed by atoms with Gasteiger partial charge in [-0.15, -0.1) is 0 Å². The summed E-state index contributed by atoms with van der Waals surface area (Å²) < 4.78 is 48.5. The number of ether oxygens (including phenoxy) is 1. The Morgan fingerprint density at radius 1 is 1.30 bits per heavy atom. The molecule has 16 nitrogen and oxygen atoms in total. The Balaban J connectivity index is 1.96. The van der Waals surface area contributed by atoms with Crippen molar-refractivity contribution in [2.45, 2.75) is 24.5 Å². The number of imidazole rings is 1.